The fourth-order valence-corrected chi connectivity index (χ4v) is 4.76. The molecule has 0 aromatic rings. The zero-order valence-corrected chi connectivity index (χ0v) is 23.2. The molecule has 0 aliphatic rings. The largest absolute Gasteiger partial charge is 1.00 e. The molecule has 0 amide bonds. The molecule has 1 unspecified atom stereocenters. The van der Waals surface area contributed by atoms with Crippen molar-refractivity contribution >= 4 is 10.1 Å². The van der Waals surface area contributed by atoms with Crippen molar-refractivity contribution in [2.24, 2.45) is 0 Å². The van der Waals surface area contributed by atoms with Gasteiger partial charge in [-0.1, -0.05) is 123 Å². The summed E-state index contributed by atoms with van der Waals surface area (Å²) >= 11 is 0. The van der Waals surface area contributed by atoms with Crippen molar-refractivity contribution in [1.29, 1.82) is 0 Å². The molecule has 0 aromatic heterocycles. The molecule has 0 aromatic carbocycles. The van der Waals surface area contributed by atoms with Gasteiger partial charge in [-0.05, 0) is 25.7 Å². The number of aliphatic hydroxyl groups is 1. The van der Waals surface area contributed by atoms with Gasteiger partial charge in [0.05, 0.1) is 0 Å². The Morgan fingerprint density at radius 1 is 0.567 bits per heavy atom. The first-order valence-electron chi connectivity index (χ1n) is 12.5. The van der Waals surface area contributed by atoms with E-state index in [4.69, 9.17) is 0 Å². The summed E-state index contributed by atoms with van der Waals surface area (Å²) in [5.41, 5.74) is 0. The van der Waals surface area contributed by atoms with Crippen molar-refractivity contribution in [3.05, 3.63) is 0 Å². The van der Waals surface area contributed by atoms with Gasteiger partial charge in [-0.3, -0.25) is 0 Å². The number of hydrogen-bond acceptors (Lipinski definition) is 4. The van der Waals surface area contributed by atoms with Crippen LogP contribution in [-0.2, 0) is 10.1 Å². The smallest absolute Gasteiger partial charge is 0.746 e. The quantitative estimate of drug-likeness (QED) is 0.148. The Hall–Kier alpha value is 0.870. The second-order valence-electron chi connectivity index (χ2n) is 8.91. The topological polar surface area (TPSA) is 77.4 Å². The molecule has 176 valence electrons. The van der Waals surface area contributed by atoms with E-state index in [1.807, 2.05) is 0 Å². The molecule has 0 aliphatic heterocycles. The normalized spacial score (nSPS) is 13.7. The van der Waals surface area contributed by atoms with Gasteiger partial charge in [0.1, 0.15) is 10.1 Å². The van der Waals surface area contributed by atoms with Crippen LogP contribution in [0.1, 0.15) is 149 Å². The molecule has 0 bridgehead atoms. The maximum Gasteiger partial charge on any atom is 1.00 e. The summed E-state index contributed by atoms with van der Waals surface area (Å²) in [4.78, 5) is -2.06. The summed E-state index contributed by atoms with van der Waals surface area (Å²) in [6, 6.07) is 0. The van der Waals surface area contributed by atoms with Gasteiger partial charge in [0.15, 0.2) is 4.93 Å². The Morgan fingerprint density at radius 2 is 0.800 bits per heavy atom. The summed E-state index contributed by atoms with van der Waals surface area (Å²) in [6.07, 6.45) is 21.8. The van der Waals surface area contributed by atoms with Crippen LogP contribution in [0.2, 0.25) is 0 Å². The van der Waals surface area contributed by atoms with Crippen LogP contribution in [0.15, 0.2) is 0 Å². The standard InChI is InChI=1S/C24H50O4S.Na/c1-3-5-7-9-11-12-13-14-15-17-19-21-23-24(25,29(26,27)28)22-20-18-16-10-8-6-4-2;/h25H,3-23H2,1-2H3,(H,26,27,28);/q;+1/p-1. The molecule has 0 saturated carbocycles. The van der Waals surface area contributed by atoms with Crippen molar-refractivity contribution in [3.8, 4) is 0 Å². The van der Waals surface area contributed by atoms with Crippen LogP contribution in [0, 0.1) is 0 Å². The van der Waals surface area contributed by atoms with Gasteiger partial charge in [-0.2, -0.15) is 0 Å². The molecule has 0 spiro atoms. The monoisotopic (exact) mass is 456 g/mol. The van der Waals surface area contributed by atoms with E-state index in [9.17, 15) is 18.1 Å². The van der Waals surface area contributed by atoms with E-state index in [-0.39, 0.29) is 42.4 Å². The van der Waals surface area contributed by atoms with Gasteiger partial charge in [-0.15, -0.1) is 0 Å². The minimum atomic E-state index is -4.67. The Morgan fingerprint density at radius 3 is 1.03 bits per heavy atom. The van der Waals surface area contributed by atoms with Gasteiger partial charge >= 0.3 is 29.6 Å². The first kappa shape index (κ1) is 33.0. The number of hydrogen-bond donors (Lipinski definition) is 1. The zero-order chi connectivity index (χ0) is 21.8. The van der Waals surface area contributed by atoms with E-state index >= 15 is 0 Å². The third-order valence-electron chi connectivity index (χ3n) is 6.06. The van der Waals surface area contributed by atoms with E-state index in [1.165, 1.54) is 70.6 Å². The van der Waals surface area contributed by atoms with Crippen molar-refractivity contribution in [1.82, 2.24) is 0 Å². The summed E-state index contributed by atoms with van der Waals surface area (Å²) in [7, 11) is -4.67. The van der Waals surface area contributed by atoms with Crippen LogP contribution in [0.25, 0.3) is 0 Å². The summed E-state index contributed by atoms with van der Waals surface area (Å²) in [6.45, 7) is 4.41. The molecule has 1 N–H and O–H groups in total. The molecule has 6 heteroatoms. The van der Waals surface area contributed by atoms with Crippen LogP contribution >= 0.6 is 0 Å². The van der Waals surface area contributed by atoms with Gasteiger partial charge < -0.3 is 9.66 Å². The predicted molar refractivity (Wildman–Crippen MR) is 123 cm³/mol. The minimum Gasteiger partial charge on any atom is -0.746 e. The third kappa shape index (κ3) is 18.4. The maximum atomic E-state index is 11.6. The van der Waals surface area contributed by atoms with Gasteiger partial charge in [0.2, 0.25) is 0 Å². The van der Waals surface area contributed by atoms with Gasteiger partial charge in [-0.25, -0.2) is 8.42 Å². The molecule has 0 aliphatic carbocycles. The molecule has 0 heterocycles. The fraction of sp³-hybridized carbons (Fsp3) is 1.00. The average Bonchev–Trinajstić information content (AvgIpc) is 2.67. The Kier molecular flexibility index (Phi) is 23.9. The number of unbranched alkanes of at least 4 members (excludes halogenated alkanes) is 17. The molecule has 4 nitrogen and oxygen atoms in total. The van der Waals surface area contributed by atoms with E-state index in [0.29, 0.717) is 12.8 Å². The third-order valence-corrected chi connectivity index (χ3v) is 7.40. The summed E-state index contributed by atoms with van der Waals surface area (Å²) in [5, 5.41) is 10.4. The van der Waals surface area contributed by atoms with Crippen LogP contribution < -0.4 is 29.6 Å². The van der Waals surface area contributed by atoms with Crippen molar-refractivity contribution < 1.29 is 47.6 Å². The minimum absolute atomic E-state index is 0. The first-order valence-corrected chi connectivity index (χ1v) is 14.0. The van der Waals surface area contributed by atoms with Crippen LogP contribution in [0.5, 0.6) is 0 Å². The van der Waals surface area contributed by atoms with Crippen molar-refractivity contribution in [3.63, 3.8) is 0 Å². The molecule has 0 saturated heterocycles. The summed E-state index contributed by atoms with van der Waals surface area (Å²) in [5.74, 6) is 0. The Bertz CT molecular complexity index is 456. The molecular weight excluding hydrogens is 407 g/mol. The van der Waals surface area contributed by atoms with Crippen LogP contribution in [-0.4, -0.2) is 23.0 Å². The van der Waals surface area contributed by atoms with Crippen LogP contribution in [0.3, 0.4) is 0 Å². The van der Waals surface area contributed by atoms with E-state index in [2.05, 4.69) is 13.8 Å². The van der Waals surface area contributed by atoms with Crippen molar-refractivity contribution in [2.45, 2.75) is 154 Å². The second-order valence-corrected chi connectivity index (χ2v) is 10.6. The number of rotatable bonds is 22. The molecule has 0 radical (unpaired) electrons. The first-order chi connectivity index (χ1) is 13.9. The molecule has 1 atom stereocenters. The SMILES string of the molecule is CCCCCCCCCCCCCCC(O)(CCCCCCCCC)S(=O)(=O)[O-].[Na+]. The Labute approximate surface area is 210 Å². The second kappa shape index (κ2) is 21.7. The zero-order valence-electron chi connectivity index (χ0n) is 20.4. The van der Waals surface area contributed by atoms with Crippen molar-refractivity contribution in [2.75, 3.05) is 0 Å². The molecule has 30 heavy (non-hydrogen) atoms. The predicted octanol–water partition coefficient (Wildman–Crippen LogP) is 4.46. The molecule has 0 rings (SSSR count). The average molecular weight is 457 g/mol. The van der Waals surface area contributed by atoms with Gasteiger partial charge in [0.25, 0.3) is 0 Å². The summed E-state index contributed by atoms with van der Waals surface area (Å²) < 4.78 is 34.8. The van der Waals surface area contributed by atoms with E-state index in [1.54, 1.807) is 0 Å². The maximum absolute atomic E-state index is 11.6. The van der Waals surface area contributed by atoms with Gasteiger partial charge in [0, 0.05) is 0 Å². The van der Waals surface area contributed by atoms with E-state index < -0.39 is 15.1 Å². The van der Waals surface area contributed by atoms with E-state index in [0.717, 1.165) is 38.5 Å². The molecular formula is C24H49NaO4S. The van der Waals surface area contributed by atoms with Crippen LogP contribution in [0.4, 0.5) is 0 Å². The molecule has 0 fully saturated rings. The Balaban J connectivity index is 0. The fourth-order valence-electron chi connectivity index (χ4n) is 3.98.